The minimum atomic E-state index is -0.139. The summed E-state index contributed by atoms with van der Waals surface area (Å²) in [6.07, 6.45) is 1.48. The Morgan fingerprint density at radius 2 is 1.93 bits per heavy atom. The van der Waals surface area contributed by atoms with E-state index in [0.29, 0.717) is 42.8 Å². The standard InChI is InChI=1S/C18H23ClN6O2/c1-23(2)15-5-4-13(19)10-14(15)22-18(26)25-8-6-24(7-9-25)16-11-17(27-3)21-12-20-16/h4-5,10-12H,6-9H2,1-3H3,(H,22,26). The molecular formula is C18H23ClN6O2. The molecule has 0 radical (unpaired) electrons. The number of aromatic nitrogens is 2. The molecule has 1 aliphatic heterocycles. The molecule has 1 N–H and O–H groups in total. The molecule has 0 unspecified atom stereocenters. The Morgan fingerprint density at radius 3 is 2.59 bits per heavy atom. The molecule has 8 nitrogen and oxygen atoms in total. The van der Waals surface area contributed by atoms with E-state index in [9.17, 15) is 4.79 Å². The van der Waals surface area contributed by atoms with Gasteiger partial charge in [-0.05, 0) is 18.2 Å². The van der Waals surface area contributed by atoms with E-state index in [1.54, 1.807) is 30.2 Å². The van der Waals surface area contributed by atoms with E-state index in [2.05, 4.69) is 20.2 Å². The fourth-order valence-electron chi connectivity index (χ4n) is 2.95. The van der Waals surface area contributed by atoms with Gasteiger partial charge in [-0.1, -0.05) is 11.6 Å². The van der Waals surface area contributed by atoms with Gasteiger partial charge in [0.2, 0.25) is 5.88 Å². The van der Waals surface area contributed by atoms with E-state index in [0.717, 1.165) is 11.5 Å². The number of benzene rings is 1. The van der Waals surface area contributed by atoms with Crippen LogP contribution in [-0.4, -0.2) is 68.3 Å². The van der Waals surface area contributed by atoms with Crippen molar-refractivity contribution in [2.45, 2.75) is 0 Å². The predicted molar refractivity (Wildman–Crippen MR) is 107 cm³/mol. The van der Waals surface area contributed by atoms with Gasteiger partial charge in [-0.25, -0.2) is 14.8 Å². The van der Waals surface area contributed by atoms with Crippen molar-refractivity contribution in [3.8, 4) is 5.88 Å². The number of rotatable bonds is 4. The summed E-state index contributed by atoms with van der Waals surface area (Å²) in [7, 11) is 5.42. The molecule has 27 heavy (non-hydrogen) atoms. The van der Waals surface area contributed by atoms with E-state index < -0.39 is 0 Å². The maximum Gasteiger partial charge on any atom is 0.322 e. The highest BCUT2D eigenvalue weighted by molar-refractivity contribution is 6.31. The number of urea groups is 1. The highest BCUT2D eigenvalue weighted by Gasteiger charge is 2.23. The number of hydrogen-bond acceptors (Lipinski definition) is 6. The molecule has 144 valence electrons. The Morgan fingerprint density at radius 1 is 1.19 bits per heavy atom. The largest absolute Gasteiger partial charge is 0.481 e. The van der Waals surface area contributed by atoms with Gasteiger partial charge in [-0.3, -0.25) is 0 Å². The molecule has 0 spiro atoms. The quantitative estimate of drug-likeness (QED) is 0.864. The van der Waals surface area contributed by atoms with E-state index in [4.69, 9.17) is 16.3 Å². The second-order valence-electron chi connectivity index (χ2n) is 6.38. The van der Waals surface area contributed by atoms with Gasteiger partial charge in [-0.15, -0.1) is 0 Å². The van der Waals surface area contributed by atoms with Crippen molar-refractivity contribution in [3.05, 3.63) is 35.6 Å². The van der Waals surface area contributed by atoms with Gasteiger partial charge in [0.25, 0.3) is 0 Å². The van der Waals surface area contributed by atoms with Gasteiger partial charge in [0.05, 0.1) is 18.5 Å². The van der Waals surface area contributed by atoms with Crippen LogP contribution in [0.1, 0.15) is 0 Å². The first-order valence-electron chi connectivity index (χ1n) is 8.61. The summed E-state index contributed by atoms with van der Waals surface area (Å²) < 4.78 is 5.14. The summed E-state index contributed by atoms with van der Waals surface area (Å²) >= 11 is 6.09. The van der Waals surface area contributed by atoms with Gasteiger partial charge < -0.3 is 24.8 Å². The summed E-state index contributed by atoms with van der Waals surface area (Å²) in [5.41, 5.74) is 1.60. The number of nitrogens with one attached hydrogen (secondary N) is 1. The highest BCUT2D eigenvalue weighted by Crippen LogP contribution is 2.28. The maximum atomic E-state index is 12.7. The Bertz CT molecular complexity index is 808. The topological polar surface area (TPSA) is 73.8 Å². The van der Waals surface area contributed by atoms with E-state index in [1.807, 2.05) is 25.1 Å². The molecule has 1 aliphatic rings. The van der Waals surface area contributed by atoms with Gasteiger partial charge in [0, 0.05) is 51.4 Å². The highest BCUT2D eigenvalue weighted by atomic mass is 35.5. The lowest BCUT2D eigenvalue weighted by atomic mass is 10.2. The van der Waals surface area contributed by atoms with Crippen LogP contribution in [0.4, 0.5) is 22.0 Å². The molecule has 0 saturated carbocycles. The number of carbonyl (C=O) groups is 1. The first-order chi connectivity index (χ1) is 13.0. The van der Waals surface area contributed by atoms with Crippen molar-refractivity contribution in [2.24, 2.45) is 0 Å². The fourth-order valence-corrected chi connectivity index (χ4v) is 3.12. The summed E-state index contributed by atoms with van der Waals surface area (Å²) in [6.45, 7) is 2.55. The molecule has 2 heterocycles. The van der Waals surface area contributed by atoms with Crippen LogP contribution >= 0.6 is 11.6 Å². The lowest BCUT2D eigenvalue weighted by Crippen LogP contribution is -2.50. The van der Waals surface area contributed by atoms with Gasteiger partial charge in [0.15, 0.2) is 0 Å². The molecule has 1 aromatic heterocycles. The summed E-state index contributed by atoms with van der Waals surface area (Å²) in [5.74, 6) is 1.32. The van der Waals surface area contributed by atoms with Crippen molar-refractivity contribution >= 4 is 34.8 Å². The lowest BCUT2D eigenvalue weighted by molar-refractivity contribution is 0.208. The maximum absolute atomic E-state index is 12.7. The molecule has 0 aliphatic carbocycles. The Balaban J connectivity index is 1.63. The number of ether oxygens (including phenoxy) is 1. The van der Waals surface area contributed by atoms with Crippen LogP contribution in [0.25, 0.3) is 0 Å². The van der Waals surface area contributed by atoms with Crippen LogP contribution in [0.15, 0.2) is 30.6 Å². The third-order valence-corrected chi connectivity index (χ3v) is 4.64. The molecule has 0 atom stereocenters. The predicted octanol–water partition coefficient (Wildman–Crippen LogP) is 2.56. The molecule has 3 rings (SSSR count). The molecule has 1 saturated heterocycles. The lowest BCUT2D eigenvalue weighted by Gasteiger charge is -2.35. The minimum Gasteiger partial charge on any atom is -0.481 e. The number of amides is 2. The smallest absolute Gasteiger partial charge is 0.322 e. The van der Waals surface area contributed by atoms with Gasteiger partial charge in [-0.2, -0.15) is 0 Å². The van der Waals surface area contributed by atoms with Crippen LogP contribution in [0.5, 0.6) is 5.88 Å². The van der Waals surface area contributed by atoms with Gasteiger partial charge in [0.1, 0.15) is 12.1 Å². The molecule has 2 aromatic rings. The number of hydrogen-bond donors (Lipinski definition) is 1. The van der Waals surface area contributed by atoms with E-state index in [-0.39, 0.29) is 6.03 Å². The molecule has 2 amide bonds. The van der Waals surface area contributed by atoms with Crippen molar-refractivity contribution < 1.29 is 9.53 Å². The van der Waals surface area contributed by atoms with Crippen molar-refractivity contribution in [1.29, 1.82) is 0 Å². The van der Waals surface area contributed by atoms with Crippen molar-refractivity contribution in [2.75, 3.05) is 62.5 Å². The first kappa shape index (κ1) is 19.0. The molecule has 0 bridgehead atoms. The summed E-state index contributed by atoms with van der Waals surface area (Å²) in [4.78, 5) is 26.8. The zero-order valence-corrected chi connectivity index (χ0v) is 16.4. The third-order valence-electron chi connectivity index (χ3n) is 4.41. The van der Waals surface area contributed by atoms with Crippen LogP contribution in [0.3, 0.4) is 0 Å². The average molecular weight is 391 g/mol. The Hall–Kier alpha value is -2.74. The normalized spacial score (nSPS) is 14.1. The SMILES string of the molecule is COc1cc(N2CCN(C(=O)Nc3cc(Cl)ccc3N(C)C)CC2)ncn1. The van der Waals surface area contributed by atoms with Gasteiger partial charge >= 0.3 is 6.03 Å². The van der Waals surface area contributed by atoms with Crippen LogP contribution in [0, 0.1) is 0 Å². The molecule has 1 aromatic carbocycles. The Labute approximate surface area is 163 Å². The third kappa shape index (κ3) is 4.51. The van der Waals surface area contributed by atoms with Crippen molar-refractivity contribution in [1.82, 2.24) is 14.9 Å². The molecule has 9 heteroatoms. The fraction of sp³-hybridized carbons (Fsp3) is 0.389. The zero-order chi connectivity index (χ0) is 19.4. The average Bonchev–Trinajstić information content (AvgIpc) is 2.68. The second kappa shape index (κ2) is 8.30. The molecular weight excluding hydrogens is 368 g/mol. The number of methoxy groups -OCH3 is 1. The molecule has 1 fully saturated rings. The number of piperazine rings is 1. The number of anilines is 3. The van der Waals surface area contributed by atoms with Crippen LogP contribution < -0.4 is 19.9 Å². The second-order valence-corrected chi connectivity index (χ2v) is 6.82. The number of carbonyl (C=O) groups excluding carboxylic acids is 1. The van der Waals surface area contributed by atoms with Crippen molar-refractivity contribution in [3.63, 3.8) is 0 Å². The number of halogens is 1. The monoisotopic (exact) mass is 390 g/mol. The first-order valence-corrected chi connectivity index (χ1v) is 8.99. The Kier molecular flexibility index (Phi) is 5.85. The van der Waals surface area contributed by atoms with Crippen LogP contribution in [0.2, 0.25) is 5.02 Å². The van der Waals surface area contributed by atoms with E-state index >= 15 is 0 Å². The van der Waals surface area contributed by atoms with E-state index in [1.165, 1.54) is 6.33 Å². The minimum absolute atomic E-state index is 0.139. The number of nitrogens with zero attached hydrogens (tertiary/aromatic N) is 5. The summed E-state index contributed by atoms with van der Waals surface area (Å²) in [6, 6.07) is 7.11. The van der Waals surface area contributed by atoms with Crippen LogP contribution in [-0.2, 0) is 0 Å². The summed E-state index contributed by atoms with van der Waals surface area (Å²) in [5, 5.41) is 3.55. The zero-order valence-electron chi connectivity index (χ0n) is 15.6.